The Bertz CT molecular complexity index is 397. The van der Waals surface area contributed by atoms with Crippen molar-refractivity contribution in [1.29, 1.82) is 0 Å². The maximum Gasteiger partial charge on any atom is 0.118 e. The van der Waals surface area contributed by atoms with Crippen molar-refractivity contribution in [2.45, 2.75) is 39.8 Å². The van der Waals surface area contributed by atoms with E-state index in [1.807, 2.05) is 6.92 Å². The number of furan rings is 1. The molecule has 1 aromatic rings. The summed E-state index contributed by atoms with van der Waals surface area (Å²) in [7, 11) is 2.16. The second kappa shape index (κ2) is 7.81. The number of hydrogen-bond acceptors (Lipinski definition) is 4. The van der Waals surface area contributed by atoms with Gasteiger partial charge in [0.05, 0.1) is 13.2 Å². The van der Waals surface area contributed by atoms with Crippen LogP contribution in [0.5, 0.6) is 0 Å². The van der Waals surface area contributed by atoms with Crippen LogP contribution in [0.25, 0.3) is 0 Å². The third-order valence-corrected chi connectivity index (χ3v) is 3.89. The molecule has 0 amide bonds. The van der Waals surface area contributed by atoms with Gasteiger partial charge in [-0.3, -0.25) is 4.90 Å². The second-order valence-corrected chi connectivity index (χ2v) is 5.85. The molecule has 0 radical (unpaired) electrons. The van der Waals surface area contributed by atoms with Crippen LogP contribution in [0, 0.1) is 12.8 Å². The molecule has 114 valence electrons. The number of rotatable bonds is 7. The molecule has 1 aliphatic rings. The molecule has 1 aliphatic heterocycles. The maximum absolute atomic E-state index is 5.86. The van der Waals surface area contributed by atoms with Crippen molar-refractivity contribution in [3.05, 3.63) is 23.2 Å². The average Bonchev–Trinajstić information content (AvgIpc) is 2.77. The molecule has 0 saturated carbocycles. The third-order valence-electron chi connectivity index (χ3n) is 3.89. The third kappa shape index (κ3) is 4.62. The van der Waals surface area contributed by atoms with Gasteiger partial charge in [0.1, 0.15) is 11.5 Å². The minimum atomic E-state index is 0.672. The zero-order valence-corrected chi connectivity index (χ0v) is 13.1. The molecular formula is C16H28N2O2. The monoisotopic (exact) mass is 280 g/mol. The molecule has 1 unspecified atom stereocenters. The highest BCUT2D eigenvalue weighted by Gasteiger charge is 2.17. The van der Waals surface area contributed by atoms with Crippen LogP contribution in [0.1, 0.15) is 36.8 Å². The minimum Gasteiger partial charge on any atom is -0.465 e. The molecule has 2 rings (SSSR count). The van der Waals surface area contributed by atoms with E-state index in [1.165, 1.54) is 18.4 Å². The van der Waals surface area contributed by atoms with E-state index < -0.39 is 0 Å². The minimum absolute atomic E-state index is 0.672. The lowest BCUT2D eigenvalue weighted by molar-refractivity contribution is 0.0403. The Labute approximate surface area is 122 Å². The summed E-state index contributed by atoms with van der Waals surface area (Å²) in [6, 6.07) is 2.19. The van der Waals surface area contributed by atoms with Gasteiger partial charge in [0.15, 0.2) is 0 Å². The topological polar surface area (TPSA) is 37.6 Å². The second-order valence-electron chi connectivity index (χ2n) is 5.85. The van der Waals surface area contributed by atoms with Gasteiger partial charge in [-0.05, 0) is 45.3 Å². The summed E-state index contributed by atoms with van der Waals surface area (Å²) < 4.78 is 11.4. The Morgan fingerprint density at radius 1 is 1.45 bits per heavy atom. The van der Waals surface area contributed by atoms with E-state index in [4.69, 9.17) is 9.15 Å². The van der Waals surface area contributed by atoms with Gasteiger partial charge >= 0.3 is 0 Å². The number of nitrogens with one attached hydrogen (secondary N) is 1. The normalized spacial score (nSPS) is 19.7. The Morgan fingerprint density at radius 2 is 2.30 bits per heavy atom. The fraction of sp³-hybridized carbons (Fsp3) is 0.750. The molecule has 1 saturated heterocycles. The van der Waals surface area contributed by atoms with Crippen LogP contribution in [0.4, 0.5) is 0 Å². The fourth-order valence-electron chi connectivity index (χ4n) is 2.82. The fourth-order valence-corrected chi connectivity index (χ4v) is 2.82. The highest BCUT2D eigenvalue weighted by molar-refractivity contribution is 5.20. The predicted octanol–water partition coefficient (Wildman–Crippen LogP) is 2.56. The lowest BCUT2D eigenvalue weighted by Gasteiger charge is -2.26. The summed E-state index contributed by atoms with van der Waals surface area (Å²) in [4.78, 5) is 2.34. The quantitative estimate of drug-likeness (QED) is 0.833. The molecule has 1 fully saturated rings. The van der Waals surface area contributed by atoms with E-state index in [0.717, 1.165) is 50.9 Å². The molecule has 1 aromatic heterocycles. The summed E-state index contributed by atoms with van der Waals surface area (Å²) in [5.41, 5.74) is 1.27. The molecule has 0 aliphatic carbocycles. The summed E-state index contributed by atoms with van der Waals surface area (Å²) in [5, 5.41) is 3.35. The van der Waals surface area contributed by atoms with Crippen molar-refractivity contribution in [2.75, 3.05) is 33.4 Å². The molecule has 0 bridgehead atoms. The average molecular weight is 280 g/mol. The Morgan fingerprint density at radius 3 is 3.00 bits per heavy atom. The molecule has 20 heavy (non-hydrogen) atoms. The number of aryl methyl sites for hydroxylation is 1. The van der Waals surface area contributed by atoms with Gasteiger partial charge in [0.25, 0.3) is 0 Å². The summed E-state index contributed by atoms with van der Waals surface area (Å²) in [5.74, 6) is 2.77. The van der Waals surface area contributed by atoms with Gasteiger partial charge in [-0.15, -0.1) is 0 Å². The summed E-state index contributed by atoms with van der Waals surface area (Å²) >= 11 is 0. The molecule has 4 nitrogen and oxygen atoms in total. The van der Waals surface area contributed by atoms with E-state index in [1.54, 1.807) is 0 Å². The van der Waals surface area contributed by atoms with Crippen molar-refractivity contribution in [3.8, 4) is 0 Å². The smallest absolute Gasteiger partial charge is 0.118 e. The van der Waals surface area contributed by atoms with Crippen LogP contribution in [0.2, 0.25) is 0 Å². The van der Waals surface area contributed by atoms with Gasteiger partial charge in [0.2, 0.25) is 0 Å². The SMILES string of the molecule is CCNCc1cc(CN(C)CC2CCCOC2)oc1C. The van der Waals surface area contributed by atoms with Crippen molar-refractivity contribution in [1.82, 2.24) is 10.2 Å². The van der Waals surface area contributed by atoms with Crippen LogP contribution < -0.4 is 5.32 Å². The van der Waals surface area contributed by atoms with E-state index >= 15 is 0 Å². The van der Waals surface area contributed by atoms with Crippen LogP contribution >= 0.6 is 0 Å². The standard InChI is InChI=1S/C16H28N2O2/c1-4-17-9-15-8-16(20-13(15)2)11-18(3)10-14-6-5-7-19-12-14/h8,14,17H,4-7,9-12H2,1-3H3. The van der Waals surface area contributed by atoms with Gasteiger partial charge in [0, 0.05) is 25.3 Å². The van der Waals surface area contributed by atoms with Crippen molar-refractivity contribution in [2.24, 2.45) is 5.92 Å². The first kappa shape index (κ1) is 15.5. The van der Waals surface area contributed by atoms with E-state index in [0.29, 0.717) is 5.92 Å². The molecule has 4 heteroatoms. The summed E-state index contributed by atoms with van der Waals surface area (Å²) in [6.07, 6.45) is 2.48. The lowest BCUT2D eigenvalue weighted by atomic mass is 10.0. The first-order valence-electron chi connectivity index (χ1n) is 7.74. The Kier molecular flexibility index (Phi) is 6.07. The van der Waals surface area contributed by atoms with Crippen molar-refractivity contribution in [3.63, 3.8) is 0 Å². The van der Waals surface area contributed by atoms with Gasteiger partial charge in [-0.2, -0.15) is 0 Å². The van der Waals surface area contributed by atoms with Crippen LogP contribution in [0.3, 0.4) is 0 Å². The zero-order chi connectivity index (χ0) is 14.4. The first-order chi connectivity index (χ1) is 9.69. The molecule has 2 heterocycles. The molecular weight excluding hydrogens is 252 g/mol. The first-order valence-corrected chi connectivity index (χ1v) is 7.74. The highest BCUT2D eigenvalue weighted by atomic mass is 16.5. The van der Waals surface area contributed by atoms with E-state index in [9.17, 15) is 0 Å². The number of ether oxygens (including phenoxy) is 1. The lowest BCUT2D eigenvalue weighted by Crippen LogP contribution is -2.30. The van der Waals surface area contributed by atoms with Gasteiger partial charge in [-0.1, -0.05) is 6.92 Å². The summed E-state index contributed by atoms with van der Waals surface area (Å²) in [6.45, 7) is 9.86. The number of nitrogens with zero attached hydrogens (tertiary/aromatic N) is 1. The maximum atomic E-state index is 5.86. The van der Waals surface area contributed by atoms with E-state index in [2.05, 4.69) is 30.3 Å². The molecule has 0 spiro atoms. The van der Waals surface area contributed by atoms with Crippen LogP contribution in [0.15, 0.2) is 10.5 Å². The van der Waals surface area contributed by atoms with Crippen molar-refractivity contribution >= 4 is 0 Å². The van der Waals surface area contributed by atoms with Crippen LogP contribution in [-0.2, 0) is 17.8 Å². The highest BCUT2D eigenvalue weighted by Crippen LogP contribution is 2.18. The molecule has 1 N–H and O–H groups in total. The Balaban J connectivity index is 1.82. The van der Waals surface area contributed by atoms with E-state index in [-0.39, 0.29) is 0 Å². The number of hydrogen-bond donors (Lipinski definition) is 1. The molecule has 1 atom stereocenters. The predicted molar refractivity (Wildman–Crippen MR) is 80.7 cm³/mol. The van der Waals surface area contributed by atoms with Crippen molar-refractivity contribution < 1.29 is 9.15 Å². The molecule has 0 aromatic carbocycles. The van der Waals surface area contributed by atoms with Gasteiger partial charge < -0.3 is 14.5 Å². The van der Waals surface area contributed by atoms with Crippen LogP contribution in [-0.4, -0.2) is 38.3 Å². The largest absolute Gasteiger partial charge is 0.465 e. The zero-order valence-electron chi connectivity index (χ0n) is 13.1. The Hall–Kier alpha value is -0.840. The van der Waals surface area contributed by atoms with Gasteiger partial charge in [-0.25, -0.2) is 0 Å².